The van der Waals surface area contributed by atoms with Crippen molar-refractivity contribution in [1.82, 2.24) is 19.8 Å². The Balaban J connectivity index is 1.43. The van der Waals surface area contributed by atoms with Gasteiger partial charge in [0.05, 0.1) is 5.60 Å². The van der Waals surface area contributed by atoms with E-state index in [1.165, 1.54) is 12.1 Å². The summed E-state index contributed by atoms with van der Waals surface area (Å²) < 4.78 is 20.6. The first-order valence-corrected chi connectivity index (χ1v) is 11.4. The fourth-order valence-corrected chi connectivity index (χ4v) is 5.66. The molecule has 170 valence electrons. The van der Waals surface area contributed by atoms with Gasteiger partial charge >= 0.3 is 0 Å². The number of aliphatic hydroxyl groups is 1. The number of hydrogen-bond donors (Lipinski definition) is 1. The molecule has 1 aromatic carbocycles. The minimum Gasteiger partial charge on any atom is -0.385 e. The minimum atomic E-state index is -0.960. The molecule has 4 aromatic rings. The smallest absolute Gasteiger partial charge is 0.158 e. The third-order valence-corrected chi connectivity index (χ3v) is 7.33. The second-order valence-corrected chi connectivity index (χ2v) is 9.51. The van der Waals surface area contributed by atoms with E-state index < -0.39 is 5.60 Å². The monoisotopic (exact) mass is 447 g/mol. The molecule has 2 atom stereocenters. The van der Waals surface area contributed by atoms with Gasteiger partial charge in [-0.1, -0.05) is 17.3 Å². The van der Waals surface area contributed by atoms with Crippen LogP contribution in [-0.4, -0.2) is 36.9 Å². The van der Waals surface area contributed by atoms with E-state index >= 15 is 0 Å². The van der Waals surface area contributed by atoms with Crippen molar-refractivity contribution in [3.8, 4) is 11.4 Å². The summed E-state index contributed by atoms with van der Waals surface area (Å²) in [7, 11) is 0. The molecule has 0 saturated carbocycles. The molecule has 2 aliphatic rings. The van der Waals surface area contributed by atoms with Gasteiger partial charge in [-0.2, -0.15) is 9.61 Å². The van der Waals surface area contributed by atoms with Crippen molar-refractivity contribution in [3.05, 3.63) is 64.8 Å². The summed E-state index contributed by atoms with van der Waals surface area (Å²) in [5, 5.41) is 20.5. The van der Waals surface area contributed by atoms with Crippen LogP contribution in [0.3, 0.4) is 0 Å². The Morgan fingerprint density at radius 2 is 1.73 bits per heavy atom. The van der Waals surface area contributed by atoms with Gasteiger partial charge in [0, 0.05) is 48.3 Å². The molecular formula is C25H26FN5O2. The number of halogens is 1. The highest BCUT2D eigenvalue weighted by molar-refractivity contribution is 5.65. The normalized spacial score (nSPS) is 24.7. The Morgan fingerprint density at radius 1 is 1.03 bits per heavy atom. The predicted octanol–water partition coefficient (Wildman–Crippen LogP) is 4.47. The van der Waals surface area contributed by atoms with E-state index in [-0.39, 0.29) is 17.9 Å². The van der Waals surface area contributed by atoms with Crippen LogP contribution in [0.15, 0.2) is 40.9 Å². The average Bonchev–Trinajstić information content (AvgIpc) is 3.46. The fourth-order valence-electron chi connectivity index (χ4n) is 5.66. The molecule has 0 spiro atoms. The molecule has 2 aliphatic heterocycles. The summed E-state index contributed by atoms with van der Waals surface area (Å²) in [6, 6.07) is 10.4. The molecule has 6 rings (SSSR count). The summed E-state index contributed by atoms with van der Waals surface area (Å²) in [4.78, 5) is 7.20. The minimum absolute atomic E-state index is 0.157. The van der Waals surface area contributed by atoms with Gasteiger partial charge < -0.3 is 14.5 Å². The highest BCUT2D eigenvalue weighted by atomic mass is 19.1. The quantitative estimate of drug-likeness (QED) is 0.499. The molecule has 5 heterocycles. The van der Waals surface area contributed by atoms with Gasteiger partial charge in [0.15, 0.2) is 5.65 Å². The second-order valence-electron chi connectivity index (χ2n) is 9.51. The first-order chi connectivity index (χ1) is 15.8. The summed E-state index contributed by atoms with van der Waals surface area (Å²) in [5.74, 6) is 1.47. The molecule has 2 fully saturated rings. The maximum atomic E-state index is 13.5. The van der Waals surface area contributed by atoms with Gasteiger partial charge in [0.25, 0.3) is 0 Å². The van der Waals surface area contributed by atoms with Crippen LogP contribution in [0.5, 0.6) is 0 Å². The van der Waals surface area contributed by atoms with E-state index in [2.05, 4.69) is 17.0 Å². The van der Waals surface area contributed by atoms with Gasteiger partial charge in [0.1, 0.15) is 28.8 Å². The van der Waals surface area contributed by atoms with Gasteiger partial charge in [-0.05, 0) is 51.3 Å². The Kier molecular flexibility index (Phi) is 4.39. The van der Waals surface area contributed by atoms with Crippen molar-refractivity contribution in [2.45, 2.75) is 64.1 Å². The van der Waals surface area contributed by atoms with Crippen LogP contribution in [0.1, 0.15) is 48.3 Å². The summed E-state index contributed by atoms with van der Waals surface area (Å²) >= 11 is 0. The van der Waals surface area contributed by atoms with Crippen molar-refractivity contribution in [1.29, 1.82) is 0 Å². The van der Waals surface area contributed by atoms with Gasteiger partial charge in [-0.15, -0.1) is 0 Å². The zero-order valence-corrected chi connectivity index (χ0v) is 18.9. The zero-order chi connectivity index (χ0) is 22.9. The molecular weight excluding hydrogens is 421 g/mol. The lowest BCUT2D eigenvalue weighted by atomic mass is 9.80. The molecule has 7 nitrogen and oxygen atoms in total. The lowest BCUT2D eigenvalue weighted by Crippen LogP contribution is -2.50. The number of anilines is 1. The molecule has 2 saturated heterocycles. The molecule has 2 bridgehead atoms. The number of rotatable bonds is 3. The number of piperidine rings is 1. The topological polar surface area (TPSA) is 79.7 Å². The molecule has 8 heteroatoms. The van der Waals surface area contributed by atoms with E-state index in [1.807, 2.05) is 30.5 Å². The lowest BCUT2D eigenvalue weighted by Gasteiger charge is -2.45. The Labute approximate surface area is 190 Å². The maximum absolute atomic E-state index is 13.5. The van der Waals surface area contributed by atoms with Gasteiger partial charge in [-0.3, -0.25) is 0 Å². The molecule has 1 N–H and O–H groups in total. The van der Waals surface area contributed by atoms with E-state index in [0.29, 0.717) is 18.5 Å². The second kappa shape index (κ2) is 7.12. The van der Waals surface area contributed by atoms with E-state index in [1.54, 1.807) is 12.1 Å². The molecule has 0 radical (unpaired) electrons. The highest BCUT2D eigenvalue weighted by Crippen LogP contribution is 2.48. The standard InChI is InChI=1S/C25H26FN5O2/c1-14-10-22(29-33-14)21-11-23-27-16(3)15(2)24(31(23)28-21)30-19-8-9-20(30)13-25(32,12-19)17-4-6-18(26)7-5-17/h4-7,10-11,19-20,32H,8-9,12-13H2,1-3H3. The van der Waals surface area contributed by atoms with Crippen LogP contribution in [0.25, 0.3) is 17.0 Å². The third kappa shape index (κ3) is 3.15. The Morgan fingerprint density at radius 3 is 2.36 bits per heavy atom. The first-order valence-electron chi connectivity index (χ1n) is 11.4. The van der Waals surface area contributed by atoms with Crippen LogP contribution in [0.2, 0.25) is 0 Å². The van der Waals surface area contributed by atoms with Crippen molar-refractivity contribution < 1.29 is 14.0 Å². The number of nitrogens with zero attached hydrogens (tertiary/aromatic N) is 5. The number of hydrogen-bond acceptors (Lipinski definition) is 6. The fraction of sp³-hybridized carbons (Fsp3) is 0.400. The predicted molar refractivity (Wildman–Crippen MR) is 122 cm³/mol. The van der Waals surface area contributed by atoms with Crippen molar-refractivity contribution in [2.24, 2.45) is 0 Å². The van der Waals surface area contributed by atoms with Crippen LogP contribution in [0.4, 0.5) is 10.2 Å². The van der Waals surface area contributed by atoms with Gasteiger partial charge in [0.2, 0.25) is 0 Å². The van der Waals surface area contributed by atoms with Crippen LogP contribution < -0.4 is 4.90 Å². The van der Waals surface area contributed by atoms with Crippen LogP contribution >= 0.6 is 0 Å². The maximum Gasteiger partial charge on any atom is 0.158 e. The van der Waals surface area contributed by atoms with E-state index in [9.17, 15) is 9.50 Å². The average molecular weight is 448 g/mol. The lowest BCUT2D eigenvalue weighted by molar-refractivity contribution is -0.00335. The van der Waals surface area contributed by atoms with E-state index in [4.69, 9.17) is 14.6 Å². The number of aromatic nitrogens is 4. The van der Waals surface area contributed by atoms with Crippen LogP contribution in [-0.2, 0) is 5.60 Å². The van der Waals surface area contributed by atoms with Crippen molar-refractivity contribution in [2.75, 3.05) is 4.90 Å². The Bertz CT molecular complexity index is 1350. The summed E-state index contributed by atoms with van der Waals surface area (Å²) in [6.07, 6.45) is 3.17. The SMILES string of the molecule is Cc1cc(-c2cc3nc(C)c(C)c(N4C5CCC4CC(O)(c4ccc(F)cc4)C5)n3n2)no1. The van der Waals surface area contributed by atoms with Crippen molar-refractivity contribution >= 4 is 11.5 Å². The largest absolute Gasteiger partial charge is 0.385 e. The first kappa shape index (κ1) is 20.4. The Hall–Kier alpha value is -3.26. The van der Waals surface area contributed by atoms with Crippen molar-refractivity contribution in [3.63, 3.8) is 0 Å². The molecule has 2 unspecified atom stereocenters. The van der Waals surface area contributed by atoms with Crippen LogP contribution in [0, 0.1) is 26.6 Å². The molecule has 0 aliphatic carbocycles. The molecule has 0 amide bonds. The molecule has 3 aromatic heterocycles. The summed E-state index contributed by atoms with van der Waals surface area (Å²) in [5.41, 5.74) is 4.04. The third-order valence-electron chi connectivity index (χ3n) is 7.33. The summed E-state index contributed by atoms with van der Waals surface area (Å²) in [6.45, 7) is 5.96. The highest BCUT2D eigenvalue weighted by Gasteiger charge is 2.49. The number of benzene rings is 1. The molecule has 33 heavy (non-hydrogen) atoms. The zero-order valence-electron chi connectivity index (χ0n) is 18.9. The van der Waals surface area contributed by atoms with E-state index in [0.717, 1.165) is 52.6 Å². The number of fused-ring (bicyclic) bond motifs is 3. The van der Waals surface area contributed by atoms with Gasteiger partial charge in [-0.25, -0.2) is 9.37 Å². The number of aryl methyl sites for hydroxylation is 2.